The number of halogens is 4. The first-order valence-corrected chi connectivity index (χ1v) is 9.88. The number of amides is 1. The fraction of sp³-hybridized carbons (Fsp3) is 0.211. The van der Waals surface area contributed by atoms with E-state index in [1.165, 1.54) is 30.2 Å². The number of hydrogen-bond donors (Lipinski definition) is 1. The average Bonchev–Trinajstić information content (AvgIpc) is 3.12. The number of ether oxygens (including phenoxy) is 1. The molecular formula is C19H16ClF3N4O2S. The molecule has 11 heteroatoms. The number of nitrogens with zero attached hydrogens (tertiary/aromatic N) is 3. The highest BCUT2D eigenvalue weighted by Crippen LogP contribution is 2.28. The zero-order valence-corrected chi connectivity index (χ0v) is 17.3. The molecule has 1 aromatic heterocycles. The van der Waals surface area contributed by atoms with Gasteiger partial charge in [-0.15, -0.1) is 23.4 Å². The van der Waals surface area contributed by atoms with Gasteiger partial charge in [-0.05, 0) is 55.8 Å². The van der Waals surface area contributed by atoms with Gasteiger partial charge in [0.15, 0.2) is 5.16 Å². The summed E-state index contributed by atoms with van der Waals surface area (Å²) in [4.78, 5) is 12.5. The number of anilines is 1. The Kier molecular flexibility index (Phi) is 6.57. The van der Waals surface area contributed by atoms with Gasteiger partial charge >= 0.3 is 6.36 Å². The predicted octanol–water partition coefficient (Wildman–Crippen LogP) is 5.25. The van der Waals surface area contributed by atoms with E-state index in [2.05, 4.69) is 20.3 Å². The third kappa shape index (κ3) is 5.67. The van der Waals surface area contributed by atoms with Crippen LogP contribution in [-0.2, 0) is 4.79 Å². The van der Waals surface area contributed by atoms with E-state index in [4.69, 9.17) is 11.6 Å². The average molecular weight is 457 g/mol. The summed E-state index contributed by atoms with van der Waals surface area (Å²) < 4.78 is 42.2. The van der Waals surface area contributed by atoms with Crippen molar-refractivity contribution in [1.29, 1.82) is 0 Å². The first-order chi connectivity index (χ1) is 14.1. The fourth-order valence-corrected chi connectivity index (χ4v) is 3.43. The number of hydrogen-bond acceptors (Lipinski definition) is 5. The second-order valence-electron chi connectivity index (χ2n) is 6.24. The van der Waals surface area contributed by atoms with Crippen molar-refractivity contribution in [3.8, 4) is 11.4 Å². The van der Waals surface area contributed by atoms with Crippen molar-refractivity contribution in [1.82, 2.24) is 14.8 Å². The molecule has 30 heavy (non-hydrogen) atoms. The Labute approximate surface area is 179 Å². The van der Waals surface area contributed by atoms with Crippen LogP contribution < -0.4 is 10.1 Å². The Morgan fingerprint density at radius 2 is 1.93 bits per heavy atom. The van der Waals surface area contributed by atoms with Crippen molar-refractivity contribution in [2.24, 2.45) is 0 Å². The van der Waals surface area contributed by atoms with Crippen LogP contribution in [0.3, 0.4) is 0 Å². The summed E-state index contributed by atoms with van der Waals surface area (Å²) >= 11 is 7.36. The van der Waals surface area contributed by atoms with Crippen molar-refractivity contribution in [3.63, 3.8) is 0 Å². The molecule has 1 atom stereocenters. The molecule has 0 saturated carbocycles. The summed E-state index contributed by atoms with van der Waals surface area (Å²) in [6.45, 7) is 3.57. The first-order valence-electron chi connectivity index (χ1n) is 8.62. The first kappa shape index (κ1) is 22.0. The van der Waals surface area contributed by atoms with E-state index in [1.807, 2.05) is 19.1 Å². The number of rotatable bonds is 6. The van der Waals surface area contributed by atoms with Crippen LogP contribution in [0.4, 0.5) is 18.9 Å². The molecule has 0 spiro atoms. The molecule has 0 aliphatic carbocycles. The van der Waals surface area contributed by atoms with Gasteiger partial charge in [0.25, 0.3) is 0 Å². The number of benzene rings is 2. The monoisotopic (exact) mass is 456 g/mol. The molecule has 158 valence electrons. The lowest BCUT2D eigenvalue weighted by Crippen LogP contribution is -2.23. The molecule has 0 saturated heterocycles. The molecule has 6 nitrogen and oxygen atoms in total. The number of carbonyl (C=O) groups is 1. The molecule has 0 fully saturated rings. The van der Waals surface area contributed by atoms with E-state index >= 15 is 0 Å². The van der Waals surface area contributed by atoms with Crippen LogP contribution in [0.5, 0.6) is 5.75 Å². The maximum Gasteiger partial charge on any atom is 0.573 e. The number of alkyl halides is 3. The minimum atomic E-state index is -4.77. The molecule has 3 aromatic rings. The molecular weight excluding hydrogens is 441 g/mol. The molecule has 0 bridgehead atoms. The molecule has 0 aliphatic rings. The summed E-state index contributed by atoms with van der Waals surface area (Å²) in [6, 6.07) is 10.4. The van der Waals surface area contributed by atoms with E-state index in [0.717, 1.165) is 23.4 Å². The zero-order valence-electron chi connectivity index (χ0n) is 15.8. The van der Waals surface area contributed by atoms with Gasteiger partial charge in [0.05, 0.1) is 10.9 Å². The second kappa shape index (κ2) is 8.97. The van der Waals surface area contributed by atoms with Crippen molar-refractivity contribution in [3.05, 3.63) is 59.4 Å². The Morgan fingerprint density at radius 1 is 1.23 bits per heavy atom. The quantitative estimate of drug-likeness (QED) is 0.513. The lowest BCUT2D eigenvalue weighted by Gasteiger charge is -2.13. The lowest BCUT2D eigenvalue weighted by molar-refractivity contribution is -0.274. The maximum absolute atomic E-state index is 12.5. The third-order valence-corrected chi connectivity index (χ3v) is 5.42. The Balaban J connectivity index is 1.65. The largest absolute Gasteiger partial charge is 0.573 e. The van der Waals surface area contributed by atoms with Gasteiger partial charge < -0.3 is 10.1 Å². The van der Waals surface area contributed by atoms with E-state index in [9.17, 15) is 18.0 Å². The minimum Gasteiger partial charge on any atom is -0.406 e. The van der Waals surface area contributed by atoms with Gasteiger partial charge in [-0.2, -0.15) is 0 Å². The molecule has 2 aromatic carbocycles. The van der Waals surface area contributed by atoms with Gasteiger partial charge in [-0.3, -0.25) is 9.36 Å². The standard InChI is InChI=1S/C19H16ClF3N4O2S/c1-11-3-6-14(9-16(11)20)27-10-24-26-18(27)30-12(2)17(28)25-13-4-7-15(8-5-13)29-19(21,22)23/h3-10,12H,1-2H3,(H,25,28). The number of thioether (sulfide) groups is 1. The van der Waals surface area contributed by atoms with Gasteiger partial charge in [0.2, 0.25) is 5.91 Å². The van der Waals surface area contributed by atoms with Gasteiger partial charge in [0.1, 0.15) is 12.1 Å². The van der Waals surface area contributed by atoms with Crippen molar-refractivity contribution >= 4 is 35.0 Å². The van der Waals surface area contributed by atoms with Crippen LogP contribution in [0.1, 0.15) is 12.5 Å². The summed E-state index contributed by atoms with van der Waals surface area (Å²) in [5.74, 6) is -0.714. The van der Waals surface area contributed by atoms with E-state index in [1.54, 1.807) is 17.6 Å². The van der Waals surface area contributed by atoms with Gasteiger partial charge in [-0.25, -0.2) is 0 Å². The van der Waals surface area contributed by atoms with E-state index in [-0.39, 0.29) is 11.7 Å². The van der Waals surface area contributed by atoms with Gasteiger partial charge in [-0.1, -0.05) is 29.4 Å². The van der Waals surface area contributed by atoms with Crippen LogP contribution in [0.25, 0.3) is 5.69 Å². The third-order valence-electron chi connectivity index (χ3n) is 3.96. The molecule has 3 rings (SSSR count). The molecule has 1 amide bonds. The highest BCUT2D eigenvalue weighted by Gasteiger charge is 2.31. The summed E-state index contributed by atoms with van der Waals surface area (Å²) in [7, 11) is 0. The Morgan fingerprint density at radius 3 is 2.57 bits per heavy atom. The highest BCUT2D eigenvalue weighted by atomic mass is 35.5. The van der Waals surface area contributed by atoms with Crippen LogP contribution >= 0.6 is 23.4 Å². The molecule has 1 unspecified atom stereocenters. The van der Waals surface area contributed by atoms with E-state index < -0.39 is 11.6 Å². The molecule has 1 N–H and O–H groups in total. The SMILES string of the molecule is Cc1ccc(-n2cnnc2SC(C)C(=O)Nc2ccc(OC(F)(F)F)cc2)cc1Cl. The number of nitrogens with one attached hydrogen (secondary N) is 1. The summed E-state index contributed by atoms with van der Waals surface area (Å²) in [5, 5.41) is 11.1. The molecule has 0 radical (unpaired) electrons. The smallest absolute Gasteiger partial charge is 0.406 e. The fourth-order valence-electron chi connectivity index (χ4n) is 2.41. The Hall–Kier alpha value is -2.72. The van der Waals surface area contributed by atoms with Gasteiger partial charge in [0, 0.05) is 10.7 Å². The van der Waals surface area contributed by atoms with Crippen molar-refractivity contribution < 1.29 is 22.7 Å². The predicted molar refractivity (Wildman–Crippen MR) is 108 cm³/mol. The molecule has 0 aliphatic heterocycles. The number of aromatic nitrogens is 3. The summed E-state index contributed by atoms with van der Waals surface area (Å²) in [5.41, 5.74) is 2.03. The van der Waals surface area contributed by atoms with Crippen LogP contribution in [0, 0.1) is 6.92 Å². The van der Waals surface area contributed by atoms with Crippen LogP contribution in [-0.4, -0.2) is 32.3 Å². The number of carbonyl (C=O) groups excluding carboxylic acids is 1. The number of aryl methyl sites for hydroxylation is 1. The van der Waals surface area contributed by atoms with Crippen LogP contribution in [0.2, 0.25) is 5.02 Å². The molecule has 1 heterocycles. The maximum atomic E-state index is 12.5. The minimum absolute atomic E-state index is 0.341. The topological polar surface area (TPSA) is 69.0 Å². The highest BCUT2D eigenvalue weighted by molar-refractivity contribution is 8.00. The van der Waals surface area contributed by atoms with Crippen LogP contribution in [0.15, 0.2) is 53.9 Å². The van der Waals surface area contributed by atoms with E-state index in [0.29, 0.717) is 15.9 Å². The lowest BCUT2D eigenvalue weighted by atomic mass is 10.2. The van der Waals surface area contributed by atoms with Crippen molar-refractivity contribution in [2.75, 3.05) is 5.32 Å². The summed E-state index contributed by atoms with van der Waals surface area (Å²) in [6.07, 6.45) is -3.25. The van der Waals surface area contributed by atoms with Crippen molar-refractivity contribution in [2.45, 2.75) is 30.6 Å². The Bertz CT molecular complexity index is 1040. The normalized spacial score (nSPS) is 12.5. The second-order valence-corrected chi connectivity index (χ2v) is 7.95. The zero-order chi connectivity index (χ0) is 21.9.